The van der Waals surface area contributed by atoms with Gasteiger partial charge in [0.15, 0.2) is 0 Å². The van der Waals surface area contributed by atoms with Gasteiger partial charge in [0.05, 0.1) is 18.9 Å². The maximum atomic E-state index is 12.2. The van der Waals surface area contributed by atoms with Crippen molar-refractivity contribution in [3.63, 3.8) is 0 Å². The van der Waals surface area contributed by atoms with Crippen LogP contribution in [0.1, 0.15) is 23.2 Å². The number of halogens is 1. The average molecular weight is 263 g/mol. The van der Waals surface area contributed by atoms with E-state index >= 15 is 0 Å². The topological polar surface area (TPSA) is 49.7 Å². The highest BCUT2D eigenvalue weighted by Gasteiger charge is 2.16. The number of aromatic nitrogens is 4. The van der Waals surface area contributed by atoms with Crippen molar-refractivity contribution in [2.45, 2.75) is 32.5 Å². The molecule has 0 unspecified atom stereocenters. The van der Waals surface area contributed by atoms with Crippen LogP contribution in [-0.2, 0) is 26.1 Å². The first-order valence-corrected chi connectivity index (χ1v) is 6.66. The monoisotopic (exact) mass is 263 g/mol. The van der Waals surface area contributed by atoms with Crippen LogP contribution in [-0.4, -0.2) is 38.1 Å². The van der Waals surface area contributed by atoms with E-state index in [1.807, 2.05) is 18.6 Å². The zero-order valence-corrected chi connectivity index (χ0v) is 10.8. The summed E-state index contributed by atoms with van der Waals surface area (Å²) < 4.78 is 13.9. The summed E-state index contributed by atoms with van der Waals surface area (Å²) in [6.07, 6.45) is 7.87. The van der Waals surface area contributed by atoms with Crippen LogP contribution in [0.3, 0.4) is 0 Å². The molecule has 0 spiro atoms. The molecule has 19 heavy (non-hydrogen) atoms. The van der Waals surface area contributed by atoms with E-state index in [9.17, 15) is 4.39 Å². The van der Waals surface area contributed by atoms with E-state index in [0.717, 1.165) is 38.0 Å². The van der Waals surface area contributed by atoms with Gasteiger partial charge in [-0.15, -0.1) is 0 Å². The first kappa shape index (κ1) is 12.3. The number of hydrogen-bond acceptors (Lipinski definition) is 3. The average Bonchev–Trinajstić information content (AvgIpc) is 2.97. The minimum atomic E-state index is -0.372. The standard InChI is InChI=1S/C13H18FN5/c14-3-5-19-9-11(6-16-19)8-18-4-1-2-13-12(10-18)7-15-17-13/h6-7,9H,1-5,8,10H2,(H,15,17). The van der Waals surface area contributed by atoms with Crippen LogP contribution in [0.4, 0.5) is 4.39 Å². The van der Waals surface area contributed by atoms with Gasteiger partial charge in [-0.2, -0.15) is 10.2 Å². The van der Waals surface area contributed by atoms with Gasteiger partial charge in [0.1, 0.15) is 6.67 Å². The van der Waals surface area contributed by atoms with Crippen molar-refractivity contribution in [2.75, 3.05) is 13.2 Å². The van der Waals surface area contributed by atoms with Crippen LogP contribution in [0.5, 0.6) is 0 Å². The fourth-order valence-electron chi connectivity index (χ4n) is 2.58. The Morgan fingerprint density at radius 3 is 3.21 bits per heavy atom. The Hall–Kier alpha value is -1.69. The Labute approximate surface area is 111 Å². The van der Waals surface area contributed by atoms with Crippen LogP contribution >= 0.6 is 0 Å². The third kappa shape index (κ3) is 2.84. The van der Waals surface area contributed by atoms with E-state index in [4.69, 9.17) is 0 Å². The summed E-state index contributed by atoms with van der Waals surface area (Å²) in [6.45, 7) is 2.81. The maximum absolute atomic E-state index is 12.2. The molecule has 1 N–H and O–H groups in total. The molecule has 3 heterocycles. The molecular weight excluding hydrogens is 245 g/mol. The van der Waals surface area contributed by atoms with E-state index in [2.05, 4.69) is 20.2 Å². The van der Waals surface area contributed by atoms with E-state index in [-0.39, 0.29) is 6.67 Å². The van der Waals surface area contributed by atoms with Gasteiger partial charge in [0.25, 0.3) is 0 Å². The fraction of sp³-hybridized carbons (Fsp3) is 0.538. The van der Waals surface area contributed by atoms with Gasteiger partial charge in [-0.1, -0.05) is 0 Å². The molecule has 2 aromatic rings. The molecule has 0 atom stereocenters. The molecule has 5 nitrogen and oxygen atoms in total. The second-order valence-electron chi connectivity index (χ2n) is 4.99. The summed E-state index contributed by atoms with van der Waals surface area (Å²) in [6, 6.07) is 0. The number of rotatable bonds is 4. The third-order valence-electron chi connectivity index (χ3n) is 3.51. The Balaban J connectivity index is 1.66. The number of aromatic amines is 1. The zero-order chi connectivity index (χ0) is 13.1. The predicted molar refractivity (Wildman–Crippen MR) is 69.2 cm³/mol. The van der Waals surface area contributed by atoms with Gasteiger partial charge >= 0.3 is 0 Å². The number of alkyl halides is 1. The lowest BCUT2D eigenvalue weighted by Gasteiger charge is -2.18. The number of nitrogens with one attached hydrogen (secondary N) is 1. The van der Waals surface area contributed by atoms with Crippen LogP contribution < -0.4 is 0 Å². The second-order valence-corrected chi connectivity index (χ2v) is 4.99. The molecule has 0 aromatic carbocycles. The lowest BCUT2D eigenvalue weighted by molar-refractivity contribution is 0.260. The number of H-pyrrole nitrogens is 1. The van der Waals surface area contributed by atoms with Gasteiger partial charge in [0.2, 0.25) is 0 Å². The minimum Gasteiger partial charge on any atom is -0.295 e. The van der Waals surface area contributed by atoms with E-state index in [0.29, 0.717) is 6.54 Å². The molecule has 6 heteroatoms. The van der Waals surface area contributed by atoms with E-state index in [1.165, 1.54) is 11.3 Å². The van der Waals surface area contributed by atoms with Crippen molar-refractivity contribution in [3.05, 3.63) is 35.4 Å². The number of fused-ring (bicyclic) bond motifs is 1. The molecule has 1 aliphatic heterocycles. The Morgan fingerprint density at radius 2 is 2.32 bits per heavy atom. The summed E-state index contributed by atoms with van der Waals surface area (Å²) in [5, 5.41) is 11.3. The molecule has 0 saturated carbocycles. The highest BCUT2D eigenvalue weighted by molar-refractivity contribution is 5.18. The highest BCUT2D eigenvalue weighted by atomic mass is 19.1. The van der Waals surface area contributed by atoms with Gasteiger partial charge < -0.3 is 0 Å². The van der Waals surface area contributed by atoms with Crippen molar-refractivity contribution in [3.8, 4) is 0 Å². The molecule has 0 fully saturated rings. The quantitative estimate of drug-likeness (QED) is 0.910. The van der Waals surface area contributed by atoms with Crippen molar-refractivity contribution < 1.29 is 4.39 Å². The molecule has 102 valence electrons. The lowest BCUT2D eigenvalue weighted by atomic mass is 10.2. The number of aryl methyl sites for hydroxylation is 2. The summed E-state index contributed by atoms with van der Waals surface area (Å²) in [5.74, 6) is 0. The van der Waals surface area contributed by atoms with Crippen molar-refractivity contribution in [1.82, 2.24) is 24.9 Å². The van der Waals surface area contributed by atoms with Crippen LogP contribution in [0, 0.1) is 0 Å². The largest absolute Gasteiger partial charge is 0.295 e. The molecule has 0 amide bonds. The van der Waals surface area contributed by atoms with Crippen LogP contribution in [0.25, 0.3) is 0 Å². The number of nitrogens with zero attached hydrogens (tertiary/aromatic N) is 4. The summed E-state index contributed by atoms with van der Waals surface area (Å²) in [4.78, 5) is 2.39. The van der Waals surface area contributed by atoms with E-state index < -0.39 is 0 Å². The molecule has 0 radical (unpaired) electrons. The molecule has 1 aliphatic rings. The molecule has 2 aromatic heterocycles. The van der Waals surface area contributed by atoms with Crippen molar-refractivity contribution >= 4 is 0 Å². The van der Waals surface area contributed by atoms with Gasteiger partial charge in [-0.25, -0.2) is 4.39 Å². The normalized spacial score (nSPS) is 16.3. The van der Waals surface area contributed by atoms with Gasteiger partial charge in [0, 0.05) is 36.1 Å². The molecule has 0 saturated heterocycles. The van der Waals surface area contributed by atoms with E-state index in [1.54, 1.807) is 4.68 Å². The lowest BCUT2D eigenvalue weighted by Crippen LogP contribution is -2.22. The minimum absolute atomic E-state index is 0.339. The SMILES string of the molecule is FCCn1cc(CN2CCCc3[nH]ncc3C2)cn1. The first-order valence-electron chi connectivity index (χ1n) is 6.66. The summed E-state index contributed by atoms with van der Waals surface area (Å²) in [5.41, 5.74) is 3.68. The summed E-state index contributed by atoms with van der Waals surface area (Å²) >= 11 is 0. The van der Waals surface area contributed by atoms with Crippen molar-refractivity contribution in [2.24, 2.45) is 0 Å². The predicted octanol–water partition coefficient (Wildman–Crippen LogP) is 1.52. The zero-order valence-electron chi connectivity index (χ0n) is 10.8. The Bertz CT molecular complexity index is 533. The highest BCUT2D eigenvalue weighted by Crippen LogP contribution is 2.17. The third-order valence-corrected chi connectivity index (χ3v) is 3.51. The molecule has 3 rings (SSSR count). The van der Waals surface area contributed by atoms with Crippen molar-refractivity contribution in [1.29, 1.82) is 0 Å². The smallest absolute Gasteiger partial charge is 0.109 e. The fourth-order valence-corrected chi connectivity index (χ4v) is 2.58. The number of hydrogen-bond donors (Lipinski definition) is 1. The Morgan fingerprint density at radius 1 is 1.37 bits per heavy atom. The first-order chi connectivity index (χ1) is 9.35. The Kier molecular flexibility index (Phi) is 3.59. The van der Waals surface area contributed by atoms with Crippen LogP contribution in [0.2, 0.25) is 0 Å². The second kappa shape index (κ2) is 5.52. The van der Waals surface area contributed by atoms with Gasteiger partial charge in [-0.05, 0) is 19.4 Å². The molecule has 0 bridgehead atoms. The molecular formula is C13H18FN5. The van der Waals surface area contributed by atoms with Crippen LogP contribution in [0.15, 0.2) is 18.6 Å². The summed E-state index contributed by atoms with van der Waals surface area (Å²) in [7, 11) is 0. The maximum Gasteiger partial charge on any atom is 0.109 e. The molecule has 0 aliphatic carbocycles. The van der Waals surface area contributed by atoms with Gasteiger partial charge in [-0.3, -0.25) is 14.7 Å².